The van der Waals surface area contributed by atoms with E-state index in [1.807, 2.05) is 24.3 Å². The van der Waals surface area contributed by atoms with Gasteiger partial charge in [0.15, 0.2) is 0 Å². The Balaban J connectivity index is 2.09. The van der Waals surface area contributed by atoms with Crippen molar-refractivity contribution >= 4 is 0 Å². The molecule has 2 aromatic rings. The minimum absolute atomic E-state index is 0.583. The molecule has 0 bridgehead atoms. The van der Waals surface area contributed by atoms with Crippen LogP contribution in [0.1, 0.15) is 16.7 Å². The standard InChI is InChI=1S/C15H13NO/c1-12-2-4-13(5-3-12)10-14-6-8-15(9-7-14)17-11-16/h2-9H,10H2,1H3. The molecular weight excluding hydrogens is 210 g/mol. The second-order valence-corrected chi connectivity index (χ2v) is 4.00. The van der Waals surface area contributed by atoms with E-state index in [2.05, 4.69) is 31.2 Å². The number of hydrogen-bond acceptors (Lipinski definition) is 2. The Morgan fingerprint density at radius 3 is 2.00 bits per heavy atom. The molecule has 0 heterocycles. The van der Waals surface area contributed by atoms with Gasteiger partial charge in [-0.25, -0.2) is 0 Å². The van der Waals surface area contributed by atoms with Crippen molar-refractivity contribution < 1.29 is 4.74 Å². The molecule has 0 saturated heterocycles. The van der Waals surface area contributed by atoms with Crippen molar-refractivity contribution in [2.24, 2.45) is 0 Å². The first-order valence-corrected chi connectivity index (χ1v) is 5.48. The minimum Gasteiger partial charge on any atom is -0.388 e. The number of nitriles is 1. The van der Waals surface area contributed by atoms with E-state index in [0.29, 0.717) is 5.75 Å². The Kier molecular flexibility index (Phi) is 3.42. The molecule has 0 aliphatic carbocycles. The molecule has 0 radical (unpaired) electrons. The quantitative estimate of drug-likeness (QED) is 0.747. The third-order valence-corrected chi connectivity index (χ3v) is 2.62. The lowest BCUT2D eigenvalue weighted by Crippen LogP contribution is -1.89. The van der Waals surface area contributed by atoms with Crippen molar-refractivity contribution in [3.63, 3.8) is 0 Å². The molecule has 2 aromatic carbocycles. The van der Waals surface area contributed by atoms with Gasteiger partial charge in [0.25, 0.3) is 6.26 Å². The van der Waals surface area contributed by atoms with Crippen LogP contribution in [0.2, 0.25) is 0 Å². The van der Waals surface area contributed by atoms with Gasteiger partial charge in [0.05, 0.1) is 0 Å². The number of hydrogen-bond donors (Lipinski definition) is 0. The molecule has 0 N–H and O–H groups in total. The minimum atomic E-state index is 0.583. The Morgan fingerprint density at radius 1 is 0.941 bits per heavy atom. The second-order valence-electron chi connectivity index (χ2n) is 4.00. The van der Waals surface area contributed by atoms with Crippen LogP contribution in [0.15, 0.2) is 48.5 Å². The zero-order chi connectivity index (χ0) is 12.1. The van der Waals surface area contributed by atoms with Gasteiger partial charge < -0.3 is 4.74 Å². The fourth-order valence-corrected chi connectivity index (χ4v) is 1.67. The van der Waals surface area contributed by atoms with Gasteiger partial charge in [-0.2, -0.15) is 0 Å². The maximum Gasteiger partial charge on any atom is 0.292 e. The molecule has 0 saturated carbocycles. The van der Waals surface area contributed by atoms with Gasteiger partial charge in [-0.3, -0.25) is 0 Å². The van der Waals surface area contributed by atoms with Crippen LogP contribution in [0, 0.1) is 18.4 Å². The SMILES string of the molecule is Cc1ccc(Cc2ccc(OC#N)cc2)cc1. The lowest BCUT2D eigenvalue weighted by molar-refractivity contribution is 0.507. The average Bonchev–Trinajstić information content (AvgIpc) is 2.35. The third-order valence-electron chi connectivity index (χ3n) is 2.62. The Morgan fingerprint density at radius 2 is 1.47 bits per heavy atom. The summed E-state index contributed by atoms with van der Waals surface area (Å²) in [7, 11) is 0. The molecule has 17 heavy (non-hydrogen) atoms. The lowest BCUT2D eigenvalue weighted by Gasteiger charge is -2.03. The molecule has 0 atom stereocenters. The molecule has 2 heteroatoms. The lowest BCUT2D eigenvalue weighted by atomic mass is 10.0. The fraction of sp³-hybridized carbons (Fsp3) is 0.133. The number of benzene rings is 2. The Labute approximate surface area is 101 Å². The van der Waals surface area contributed by atoms with Gasteiger partial charge >= 0.3 is 0 Å². The molecule has 84 valence electrons. The van der Waals surface area contributed by atoms with Crippen LogP contribution in [0.4, 0.5) is 0 Å². The number of aryl methyl sites for hydroxylation is 1. The van der Waals surface area contributed by atoms with Crippen LogP contribution in [-0.4, -0.2) is 0 Å². The van der Waals surface area contributed by atoms with Gasteiger partial charge in [0.2, 0.25) is 0 Å². The highest BCUT2D eigenvalue weighted by molar-refractivity contribution is 5.32. The Bertz CT molecular complexity index is 520. The van der Waals surface area contributed by atoms with Crippen LogP contribution < -0.4 is 4.74 Å². The monoisotopic (exact) mass is 223 g/mol. The number of ether oxygens (including phenoxy) is 1. The molecular formula is C15H13NO. The van der Waals surface area contributed by atoms with Crippen LogP contribution in [0.5, 0.6) is 5.75 Å². The maximum atomic E-state index is 8.38. The second kappa shape index (κ2) is 5.18. The van der Waals surface area contributed by atoms with Gasteiger partial charge in [-0.15, -0.1) is 5.26 Å². The molecule has 0 amide bonds. The van der Waals surface area contributed by atoms with E-state index in [4.69, 9.17) is 10.00 Å². The van der Waals surface area contributed by atoms with Gasteiger partial charge in [0, 0.05) is 0 Å². The van der Waals surface area contributed by atoms with Gasteiger partial charge in [-0.05, 0) is 36.6 Å². The highest BCUT2D eigenvalue weighted by Gasteiger charge is 1.97. The van der Waals surface area contributed by atoms with E-state index in [0.717, 1.165) is 6.42 Å². The normalized spacial score (nSPS) is 9.65. The highest BCUT2D eigenvalue weighted by Crippen LogP contribution is 2.15. The third kappa shape index (κ3) is 3.09. The zero-order valence-electron chi connectivity index (χ0n) is 9.68. The van der Waals surface area contributed by atoms with Crippen molar-refractivity contribution in [3.8, 4) is 12.0 Å². The predicted octanol–water partition coefficient (Wildman–Crippen LogP) is 3.45. The fourth-order valence-electron chi connectivity index (χ4n) is 1.67. The molecule has 0 fully saturated rings. The largest absolute Gasteiger partial charge is 0.388 e. The molecule has 0 spiro atoms. The van der Waals surface area contributed by atoms with Crippen LogP contribution in [0.25, 0.3) is 0 Å². The van der Waals surface area contributed by atoms with E-state index >= 15 is 0 Å². The summed E-state index contributed by atoms with van der Waals surface area (Å²) in [5, 5.41) is 8.38. The van der Waals surface area contributed by atoms with E-state index < -0.39 is 0 Å². The maximum absolute atomic E-state index is 8.38. The first-order valence-electron chi connectivity index (χ1n) is 5.48. The van der Waals surface area contributed by atoms with Crippen molar-refractivity contribution in [2.45, 2.75) is 13.3 Å². The predicted molar refractivity (Wildman–Crippen MR) is 66.7 cm³/mol. The van der Waals surface area contributed by atoms with Crippen LogP contribution in [0.3, 0.4) is 0 Å². The summed E-state index contributed by atoms with van der Waals surface area (Å²) in [5.74, 6) is 0.583. The summed E-state index contributed by atoms with van der Waals surface area (Å²) in [6.45, 7) is 2.08. The molecule has 2 nitrogen and oxygen atoms in total. The molecule has 0 unspecified atom stereocenters. The number of nitrogens with zero attached hydrogens (tertiary/aromatic N) is 1. The topological polar surface area (TPSA) is 33.0 Å². The summed E-state index contributed by atoms with van der Waals surface area (Å²) >= 11 is 0. The summed E-state index contributed by atoms with van der Waals surface area (Å²) in [6.07, 6.45) is 2.56. The van der Waals surface area contributed by atoms with Crippen LogP contribution >= 0.6 is 0 Å². The smallest absolute Gasteiger partial charge is 0.292 e. The van der Waals surface area contributed by atoms with Crippen LogP contribution in [-0.2, 0) is 6.42 Å². The van der Waals surface area contributed by atoms with Crippen molar-refractivity contribution in [1.29, 1.82) is 5.26 Å². The molecule has 2 rings (SSSR count). The van der Waals surface area contributed by atoms with E-state index in [1.165, 1.54) is 16.7 Å². The average molecular weight is 223 g/mol. The molecule has 0 aliphatic heterocycles. The van der Waals surface area contributed by atoms with Crippen molar-refractivity contribution in [1.82, 2.24) is 0 Å². The molecule has 0 aromatic heterocycles. The Hall–Kier alpha value is -2.27. The highest BCUT2D eigenvalue weighted by atomic mass is 16.5. The van der Waals surface area contributed by atoms with E-state index in [9.17, 15) is 0 Å². The summed E-state index contributed by atoms with van der Waals surface area (Å²) in [4.78, 5) is 0. The van der Waals surface area contributed by atoms with E-state index in [-0.39, 0.29) is 0 Å². The summed E-state index contributed by atoms with van der Waals surface area (Å²) in [6, 6.07) is 16.1. The van der Waals surface area contributed by atoms with Crippen molar-refractivity contribution in [2.75, 3.05) is 0 Å². The first kappa shape index (κ1) is 11.2. The number of rotatable bonds is 3. The molecule has 0 aliphatic rings. The van der Waals surface area contributed by atoms with Gasteiger partial charge in [-0.1, -0.05) is 42.0 Å². The van der Waals surface area contributed by atoms with Crippen molar-refractivity contribution in [3.05, 3.63) is 65.2 Å². The van der Waals surface area contributed by atoms with E-state index in [1.54, 1.807) is 6.26 Å². The summed E-state index contributed by atoms with van der Waals surface area (Å²) in [5.41, 5.74) is 3.76. The zero-order valence-corrected chi connectivity index (χ0v) is 9.68. The van der Waals surface area contributed by atoms with Gasteiger partial charge in [0.1, 0.15) is 5.75 Å². The summed E-state index contributed by atoms with van der Waals surface area (Å²) < 4.78 is 4.73. The first-order chi connectivity index (χ1) is 8.28.